The Hall–Kier alpha value is -3.42. The molecule has 1 aliphatic heterocycles. The molecule has 0 fully saturated rings. The molecule has 0 bridgehead atoms. The minimum absolute atomic E-state index is 0.0727. The number of nitrogens with zero attached hydrogens (tertiary/aromatic N) is 4. The monoisotopic (exact) mass is 514 g/mol. The Bertz CT molecular complexity index is 1330. The number of hydrogen-bond donors (Lipinski definition) is 0. The molecule has 0 N–H and O–H groups in total. The molecule has 0 unspecified atom stereocenters. The Morgan fingerprint density at radius 3 is 2.59 bits per heavy atom. The molecule has 0 spiro atoms. The lowest BCUT2D eigenvalue weighted by molar-refractivity contribution is -0.132. The maximum Gasteiger partial charge on any atom is 0.228 e. The lowest BCUT2D eigenvalue weighted by Gasteiger charge is -2.29. The van der Waals surface area contributed by atoms with Crippen LogP contribution >= 0.6 is 11.3 Å². The van der Waals surface area contributed by atoms with Crippen molar-refractivity contribution in [3.8, 4) is 11.4 Å². The van der Waals surface area contributed by atoms with Crippen LogP contribution in [0.25, 0.3) is 5.69 Å². The van der Waals surface area contributed by atoms with Crippen LogP contribution in [0.15, 0.2) is 72.1 Å². The second-order valence-electron chi connectivity index (χ2n) is 9.77. The molecule has 37 heavy (non-hydrogen) atoms. The molecule has 2 aromatic heterocycles. The highest BCUT2D eigenvalue weighted by atomic mass is 32.1. The van der Waals surface area contributed by atoms with Gasteiger partial charge in [-0.05, 0) is 43.0 Å². The van der Waals surface area contributed by atoms with E-state index in [1.807, 2.05) is 51.4 Å². The summed E-state index contributed by atoms with van der Waals surface area (Å²) >= 11 is 1.63. The first-order chi connectivity index (χ1) is 18.0. The van der Waals surface area contributed by atoms with Gasteiger partial charge in [0.25, 0.3) is 0 Å². The molecular formula is C30H34N4O2S. The summed E-state index contributed by atoms with van der Waals surface area (Å²) in [5.74, 6) is 0.926. The van der Waals surface area contributed by atoms with Crippen molar-refractivity contribution in [2.45, 2.75) is 52.4 Å². The molecule has 0 saturated heterocycles. The number of ether oxygens (including phenoxy) is 1. The molecule has 4 aromatic rings. The number of para-hydroxylation sites is 2. The number of carbonyl (C=O) groups excluding carboxylic acids is 1. The molecule has 6 nitrogen and oxygen atoms in total. The maximum absolute atomic E-state index is 13.4. The zero-order valence-electron chi connectivity index (χ0n) is 21.8. The molecule has 0 saturated carbocycles. The van der Waals surface area contributed by atoms with Crippen molar-refractivity contribution in [1.29, 1.82) is 0 Å². The number of amides is 1. The largest absolute Gasteiger partial charge is 0.494 e. The highest BCUT2D eigenvalue weighted by Crippen LogP contribution is 2.31. The third-order valence-corrected chi connectivity index (χ3v) is 7.83. The van der Waals surface area contributed by atoms with Crippen molar-refractivity contribution in [2.75, 3.05) is 13.7 Å². The van der Waals surface area contributed by atoms with Crippen molar-refractivity contribution in [2.24, 2.45) is 0 Å². The average molecular weight is 515 g/mol. The SMILES string of the molecule is COc1ccccc1-n1nc(CN(C(=O)Cc2cccs2)C(C)C)c2c1CCN(Cc1ccccc1)C2. The Labute approximate surface area is 223 Å². The van der Waals surface area contributed by atoms with Crippen LogP contribution in [0.5, 0.6) is 5.75 Å². The zero-order chi connectivity index (χ0) is 25.8. The normalized spacial score (nSPS) is 13.5. The number of thiophene rings is 1. The minimum Gasteiger partial charge on any atom is -0.494 e. The quantitative estimate of drug-likeness (QED) is 0.297. The number of fused-ring (bicyclic) bond motifs is 1. The summed E-state index contributed by atoms with van der Waals surface area (Å²) in [6, 6.07) is 22.7. The van der Waals surface area contributed by atoms with E-state index in [0.29, 0.717) is 13.0 Å². The third kappa shape index (κ3) is 5.63. The Morgan fingerprint density at radius 2 is 1.86 bits per heavy atom. The van der Waals surface area contributed by atoms with Gasteiger partial charge in [0, 0.05) is 42.5 Å². The number of aromatic nitrogens is 2. The molecule has 0 aliphatic carbocycles. The predicted molar refractivity (Wildman–Crippen MR) is 148 cm³/mol. The topological polar surface area (TPSA) is 50.6 Å². The molecule has 0 radical (unpaired) electrons. The highest BCUT2D eigenvalue weighted by molar-refractivity contribution is 7.10. The van der Waals surface area contributed by atoms with Gasteiger partial charge in [-0.2, -0.15) is 5.10 Å². The van der Waals surface area contributed by atoms with E-state index in [0.717, 1.165) is 48.1 Å². The highest BCUT2D eigenvalue weighted by Gasteiger charge is 2.29. The summed E-state index contributed by atoms with van der Waals surface area (Å²) in [6.07, 6.45) is 1.31. The van der Waals surface area contributed by atoms with E-state index < -0.39 is 0 Å². The van der Waals surface area contributed by atoms with Crippen LogP contribution < -0.4 is 4.74 Å². The van der Waals surface area contributed by atoms with Crippen LogP contribution in [0.4, 0.5) is 0 Å². The van der Waals surface area contributed by atoms with Gasteiger partial charge in [-0.3, -0.25) is 9.69 Å². The Kier molecular flexibility index (Phi) is 7.72. The molecule has 1 amide bonds. The smallest absolute Gasteiger partial charge is 0.228 e. The first kappa shape index (κ1) is 25.2. The van der Waals surface area contributed by atoms with Gasteiger partial charge < -0.3 is 9.64 Å². The predicted octanol–water partition coefficient (Wildman–Crippen LogP) is 5.48. The van der Waals surface area contributed by atoms with Gasteiger partial charge in [0.2, 0.25) is 5.91 Å². The van der Waals surface area contributed by atoms with E-state index in [9.17, 15) is 4.79 Å². The molecule has 1 aliphatic rings. The second-order valence-corrected chi connectivity index (χ2v) is 10.8. The first-order valence-electron chi connectivity index (χ1n) is 12.8. The van der Waals surface area contributed by atoms with Crippen LogP contribution in [-0.4, -0.2) is 45.2 Å². The zero-order valence-corrected chi connectivity index (χ0v) is 22.6. The van der Waals surface area contributed by atoms with Crippen molar-refractivity contribution in [3.05, 3.63) is 99.5 Å². The van der Waals surface area contributed by atoms with Gasteiger partial charge in [0.15, 0.2) is 0 Å². The number of carbonyl (C=O) groups is 1. The summed E-state index contributed by atoms with van der Waals surface area (Å²) in [6.45, 7) is 7.30. The van der Waals surface area contributed by atoms with Gasteiger partial charge in [0.05, 0.1) is 31.5 Å². The molecular weight excluding hydrogens is 480 g/mol. The van der Waals surface area contributed by atoms with Crippen LogP contribution in [0.1, 0.15) is 41.2 Å². The molecule has 192 valence electrons. The van der Waals surface area contributed by atoms with Gasteiger partial charge >= 0.3 is 0 Å². The maximum atomic E-state index is 13.4. The van der Waals surface area contributed by atoms with E-state index in [1.54, 1.807) is 18.4 Å². The molecule has 0 atom stereocenters. The van der Waals surface area contributed by atoms with E-state index in [2.05, 4.69) is 49.1 Å². The molecule has 5 rings (SSSR count). The van der Waals surface area contributed by atoms with Crippen molar-refractivity contribution in [1.82, 2.24) is 19.6 Å². The fourth-order valence-electron chi connectivity index (χ4n) is 5.03. The summed E-state index contributed by atoms with van der Waals surface area (Å²) in [7, 11) is 1.70. The fourth-order valence-corrected chi connectivity index (χ4v) is 5.73. The average Bonchev–Trinajstić information content (AvgIpc) is 3.55. The summed E-state index contributed by atoms with van der Waals surface area (Å²) in [4.78, 5) is 18.9. The van der Waals surface area contributed by atoms with Crippen molar-refractivity contribution < 1.29 is 9.53 Å². The summed E-state index contributed by atoms with van der Waals surface area (Å²) < 4.78 is 7.73. The summed E-state index contributed by atoms with van der Waals surface area (Å²) in [5.41, 5.74) is 5.64. The number of hydrogen-bond acceptors (Lipinski definition) is 5. The van der Waals surface area contributed by atoms with Crippen molar-refractivity contribution in [3.63, 3.8) is 0 Å². The van der Waals surface area contributed by atoms with Gasteiger partial charge in [-0.1, -0.05) is 48.5 Å². The fraction of sp³-hybridized carbons (Fsp3) is 0.333. The van der Waals surface area contributed by atoms with E-state index in [1.165, 1.54) is 16.8 Å². The number of rotatable bonds is 9. The summed E-state index contributed by atoms with van der Waals surface area (Å²) in [5, 5.41) is 7.16. The van der Waals surface area contributed by atoms with E-state index in [-0.39, 0.29) is 11.9 Å². The second kappa shape index (κ2) is 11.3. The Morgan fingerprint density at radius 1 is 1.08 bits per heavy atom. The van der Waals surface area contributed by atoms with Crippen LogP contribution in [0.3, 0.4) is 0 Å². The van der Waals surface area contributed by atoms with E-state index >= 15 is 0 Å². The molecule has 3 heterocycles. The minimum atomic E-state index is 0.0727. The van der Waals surface area contributed by atoms with E-state index in [4.69, 9.17) is 9.84 Å². The van der Waals surface area contributed by atoms with Gasteiger partial charge in [-0.25, -0.2) is 4.68 Å². The standard InChI is InChI=1S/C30H34N4O2S/c1-22(2)33(30(35)18-24-12-9-17-37-24)21-26-25-20-32(19-23-10-5-4-6-11-23)16-15-27(25)34(31-26)28-13-7-8-14-29(28)36-3/h4-14,17,22H,15-16,18-21H2,1-3H3. The van der Waals surface area contributed by atoms with Crippen molar-refractivity contribution >= 4 is 17.2 Å². The number of methoxy groups -OCH3 is 1. The third-order valence-electron chi connectivity index (χ3n) is 6.95. The number of benzene rings is 2. The lowest BCUT2D eigenvalue weighted by atomic mass is 10.0. The lowest BCUT2D eigenvalue weighted by Crippen LogP contribution is -2.38. The molecule has 2 aromatic carbocycles. The molecule has 7 heteroatoms. The first-order valence-corrected chi connectivity index (χ1v) is 13.7. The van der Waals surface area contributed by atoms with Gasteiger partial charge in [-0.15, -0.1) is 11.3 Å². The van der Waals surface area contributed by atoms with Crippen LogP contribution in [-0.2, 0) is 37.3 Å². The van der Waals surface area contributed by atoms with Crippen LogP contribution in [0, 0.1) is 0 Å². The van der Waals surface area contributed by atoms with Gasteiger partial charge in [0.1, 0.15) is 11.4 Å². The van der Waals surface area contributed by atoms with Crippen LogP contribution in [0.2, 0.25) is 0 Å². The Balaban J connectivity index is 1.49.